The molecule has 0 saturated carbocycles. The molecule has 1 N–H and O–H groups in total. The van der Waals surface area contributed by atoms with Crippen molar-refractivity contribution in [2.24, 2.45) is 0 Å². The molecular formula is C11H23NO3. The summed E-state index contributed by atoms with van der Waals surface area (Å²) in [5.41, 5.74) is -0.490. The average molecular weight is 217 g/mol. The van der Waals surface area contributed by atoms with Gasteiger partial charge in [0.25, 0.3) is 0 Å². The lowest BCUT2D eigenvalue weighted by Gasteiger charge is -2.18. The van der Waals surface area contributed by atoms with Gasteiger partial charge < -0.3 is 14.6 Å². The van der Waals surface area contributed by atoms with Crippen LogP contribution in [0.5, 0.6) is 0 Å². The molecule has 1 atom stereocenters. The van der Waals surface area contributed by atoms with Crippen LogP contribution in [0.2, 0.25) is 0 Å². The first-order valence-corrected chi connectivity index (χ1v) is 5.65. The molecule has 0 aromatic heterocycles. The number of β-amino-alcohol motifs (C(OH)–C–C–N with tert-alkyl or cyclic N) is 1. The van der Waals surface area contributed by atoms with Gasteiger partial charge in [-0.1, -0.05) is 0 Å². The number of hydrogen-bond acceptors (Lipinski definition) is 4. The summed E-state index contributed by atoms with van der Waals surface area (Å²) in [7, 11) is 1.70. The smallest absolute Gasteiger partial charge is 0.0758 e. The van der Waals surface area contributed by atoms with E-state index in [-0.39, 0.29) is 0 Å². The van der Waals surface area contributed by atoms with Crippen molar-refractivity contribution < 1.29 is 14.6 Å². The van der Waals surface area contributed by atoms with E-state index in [9.17, 15) is 5.11 Å². The number of rotatable bonds is 7. The normalized spacial score (nSPS) is 27.4. The van der Waals surface area contributed by atoms with Gasteiger partial charge in [0.2, 0.25) is 0 Å². The monoisotopic (exact) mass is 217 g/mol. The van der Waals surface area contributed by atoms with Gasteiger partial charge in [0.15, 0.2) is 0 Å². The minimum Gasteiger partial charge on any atom is -0.389 e. The van der Waals surface area contributed by atoms with Gasteiger partial charge in [0.05, 0.1) is 12.2 Å². The van der Waals surface area contributed by atoms with Gasteiger partial charge in [-0.05, 0) is 19.8 Å². The third-order valence-electron chi connectivity index (χ3n) is 2.72. The number of hydrogen-bond donors (Lipinski definition) is 1. The number of nitrogens with zero attached hydrogens (tertiary/aromatic N) is 1. The van der Waals surface area contributed by atoms with Crippen molar-refractivity contribution in [1.82, 2.24) is 4.90 Å². The van der Waals surface area contributed by atoms with E-state index >= 15 is 0 Å². The predicted molar refractivity (Wildman–Crippen MR) is 59.0 cm³/mol. The molecule has 0 radical (unpaired) electrons. The van der Waals surface area contributed by atoms with Crippen molar-refractivity contribution in [2.75, 3.05) is 46.6 Å². The first kappa shape index (κ1) is 12.9. The van der Waals surface area contributed by atoms with Crippen molar-refractivity contribution in [2.45, 2.75) is 25.4 Å². The number of methoxy groups -OCH3 is 1. The van der Waals surface area contributed by atoms with Crippen LogP contribution in [0.15, 0.2) is 0 Å². The molecule has 1 saturated heterocycles. The SMILES string of the molecule is COCCCOCCN1CCC(C)(O)C1. The molecule has 0 amide bonds. The van der Waals surface area contributed by atoms with E-state index in [1.54, 1.807) is 7.11 Å². The Bertz CT molecular complexity index is 173. The lowest BCUT2D eigenvalue weighted by Crippen LogP contribution is -2.31. The van der Waals surface area contributed by atoms with Crippen LogP contribution < -0.4 is 0 Å². The molecule has 0 aromatic rings. The molecule has 4 nitrogen and oxygen atoms in total. The fourth-order valence-electron chi connectivity index (χ4n) is 1.83. The molecule has 0 spiro atoms. The lowest BCUT2D eigenvalue weighted by atomic mass is 10.1. The molecule has 0 aromatic carbocycles. The molecule has 1 rings (SSSR count). The molecule has 0 bridgehead atoms. The quantitative estimate of drug-likeness (QED) is 0.630. The summed E-state index contributed by atoms with van der Waals surface area (Å²) in [6.45, 7) is 6.84. The average Bonchev–Trinajstić information content (AvgIpc) is 2.52. The highest BCUT2D eigenvalue weighted by Gasteiger charge is 2.30. The van der Waals surface area contributed by atoms with Crippen molar-refractivity contribution in [3.8, 4) is 0 Å². The molecule has 0 aliphatic carbocycles. The summed E-state index contributed by atoms with van der Waals surface area (Å²) in [5, 5.41) is 9.74. The fraction of sp³-hybridized carbons (Fsp3) is 1.00. The molecule has 1 aliphatic heterocycles. The molecule has 1 fully saturated rings. The minimum atomic E-state index is -0.490. The Balaban J connectivity index is 1.93. The molecule has 15 heavy (non-hydrogen) atoms. The van der Waals surface area contributed by atoms with Gasteiger partial charge >= 0.3 is 0 Å². The molecule has 1 unspecified atom stereocenters. The Morgan fingerprint density at radius 2 is 2.13 bits per heavy atom. The van der Waals surface area contributed by atoms with Crippen LogP contribution in [0.4, 0.5) is 0 Å². The summed E-state index contributed by atoms with van der Waals surface area (Å²) in [6, 6.07) is 0. The lowest BCUT2D eigenvalue weighted by molar-refractivity contribution is 0.0570. The van der Waals surface area contributed by atoms with E-state index < -0.39 is 5.60 Å². The summed E-state index contributed by atoms with van der Waals surface area (Å²) >= 11 is 0. The second kappa shape index (κ2) is 6.43. The van der Waals surface area contributed by atoms with Crippen LogP contribution in [0.1, 0.15) is 19.8 Å². The van der Waals surface area contributed by atoms with E-state index in [1.807, 2.05) is 6.92 Å². The second-order valence-corrected chi connectivity index (χ2v) is 4.48. The summed E-state index contributed by atoms with van der Waals surface area (Å²) in [5.74, 6) is 0. The van der Waals surface area contributed by atoms with Crippen LogP contribution in [0.3, 0.4) is 0 Å². The highest BCUT2D eigenvalue weighted by molar-refractivity contribution is 4.85. The van der Waals surface area contributed by atoms with E-state index in [2.05, 4.69) is 4.90 Å². The van der Waals surface area contributed by atoms with Crippen LogP contribution in [-0.2, 0) is 9.47 Å². The number of ether oxygens (including phenoxy) is 2. The van der Waals surface area contributed by atoms with Crippen LogP contribution in [-0.4, -0.2) is 62.2 Å². The van der Waals surface area contributed by atoms with Gasteiger partial charge in [-0.25, -0.2) is 0 Å². The zero-order chi connectivity index (χ0) is 11.1. The number of aliphatic hydroxyl groups is 1. The molecular weight excluding hydrogens is 194 g/mol. The summed E-state index contributed by atoms with van der Waals surface area (Å²) in [4.78, 5) is 2.25. The molecule has 1 heterocycles. The van der Waals surface area contributed by atoms with Crippen LogP contribution in [0.25, 0.3) is 0 Å². The van der Waals surface area contributed by atoms with E-state index in [4.69, 9.17) is 9.47 Å². The third kappa shape index (κ3) is 5.47. The second-order valence-electron chi connectivity index (χ2n) is 4.48. The van der Waals surface area contributed by atoms with Crippen molar-refractivity contribution in [3.63, 3.8) is 0 Å². The van der Waals surface area contributed by atoms with E-state index in [0.29, 0.717) is 0 Å². The Hall–Kier alpha value is -0.160. The fourth-order valence-corrected chi connectivity index (χ4v) is 1.83. The first-order chi connectivity index (χ1) is 7.14. The predicted octanol–water partition coefficient (Wildman–Crippen LogP) is 0.496. The van der Waals surface area contributed by atoms with E-state index in [1.165, 1.54) is 0 Å². The van der Waals surface area contributed by atoms with Crippen LogP contribution in [0, 0.1) is 0 Å². The van der Waals surface area contributed by atoms with Crippen molar-refractivity contribution in [3.05, 3.63) is 0 Å². The van der Waals surface area contributed by atoms with Gasteiger partial charge in [-0.3, -0.25) is 4.90 Å². The first-order valence-electron chi connectivity index (χ1n) is 5.65. The zero-order valence-electron chi connectivity index (χ0n) is 9.87. The van der Waals surface area contributed by atoms with Crippen molar-refractivity contribution >= 4 is 0 Å². The Kier molecular flexibility index (Phi) is 5.53. The maximum atomic E-state index is 9.74. The number of likely N-dealkylation sites (tertiary alicyclic amines) is 1. The summed E-state index contributed by atoms with van der Waals surface area (Å²) < 4.78 is 10.4. The third-order valence-corrected chi connectivity index (χ3v) is 2.72. The largest absolute Gasteiger partial charge is 0.389 e. The van der Waals surface area contributed by atoms with E-state index in [0.717, 1.165) is 52.3 Å². The Labute approximate surface area is 92.2 Å². The summed E-state index contributed by atoms with van der Waals surface area (Å²) in [6.07, 6.45) is 1.82. The van der Waals surface area contributed by atoms with Gasteiger partial charge in [0.1, 0.15) is 0 Å². The zero-order valence-corrected chi connectivity index (χ0v) is 9.87. The maximum absolute atomic E-state index is 9.74. The highest BCUT2D eigenvalue weighted by atomic mass is 16.5. The highest BCUT2D eigenvalue weighted by Crippen LogP contribution is 2.19. The van der Waals surface area contributed by atoms with Gasteiger partial charge in [-0.15, -0.1) is 0 Å². The topological polar surface area (TPSA) is 41.9 Å². The molecule has 90 valence electrons. The Morgan fingerprint density at radius 1 is 1.33 bits per heavy atom. The standard InChI is InChI=1S/C11H23NO3/c1-11(13)4-5-12(10-11)6-9-15-8-3-7-14-2/h13H,3-10H2,1-2H3. The molecule has 4 heteroatoms. The van der Waals surface area contributed by atoms with Gasteiger partial charge in [-0.2, -0.15) is 0 Å². The van der Waals surface area contributed by atoms with Gasteiger partial charge in [0, 0.05) is 40.0 Å². The molecule has 1 aliphatic rings. The van der Waals surface area contributed by atoms with Crippen molar-refractivity contribution in [1.29, 1.82) is 0 Å². The minimum absolute atomic E-state index is 0.490. The maximum Gasteiger partial charge on any atom is 0.0758 e. The van der Waals surface area contributed by atoms with Crippen LogP contribution >= 0.6 is 0 Å². The Morgan fingerprint density at radius 3 is 2.73 bits per heavy atom.